The van der Waals surface area contributed by atoms with Gasteiger partial charge in [0.05, 0.1) is 26.5 Å². The van der Waals surface area contributed by atoms with Gasteiger partial charge in [0.2, 0.25) is 5.82 Å². The summed E-state index contributed by atoms with van der Waals surface area (Å²) in [5.74, 6) is -1.27. The maximum atomic E-state index is 13.6. The van der Waals surface area contributed by atoms with Crippen molar-refractivity contribution in [3.63, 3.8) is 0 Å². The normalized spacial score (nSPS) is 15.8. The fourth-order valence-corrected chi connectivity index (χ4v) is 1.54. The third-order valence-electron chi connectivity index (χ3n) is 2.40. The van der Waals surface area contributed by atoms with Crippen LogP contribution in [0.1, 0.15) is 10.6 Å². The number of methoxy groups -OCH3 is 1. The third kappa shape index (κ3) is 2.50. The lowest BCUT2D eigenvalue weighted by atomic mass is 10.4. The molecule has 1 aromatic rings. The maximum Gasteiger partial charge on any atom is 0.376 e. The summed E-state index contributed by atoms with van der Waals surface area (Å²) < 4.78 is 23.2. The van der Waals surface area contributed by atoms with E-state index in [4.69, 9.17) is 4.74 Å². The second-order valence-electron chi connectivity index (χ2n) is 3.46. The summed E-state index contributed by atoms with van der Waals surface area (Å²) in [5.41, 5.74) is 0. The Labute approximate surface area is 97.4 Å². The molecule has 0 aliphatic carbocycles. The van der Waals surface area contributed by atoms with Gasteiger partial charge in [-0.15, -0.1) is 0 Å². The number of ether oxygens (including phenoxy) is 2. The Morgan fingerprint density at radius 2 is 2.24 bits per heavy atom. The number of carbonyl (C=O) groups is 1. The maximum absolute atomic E-state index is 13.6. The van der Waals surface area contributed by atoms with Crippen molar-refractivity contribution in [2.75, 3.05) is 38.3 Å². The van der Waals surface area contributed by atoms with Crippen molar-refractivity contribution in [2.45, 2.75) is 0 Å². The summed E-state index contributed by atoms with van der Waals surface area (Å²) >= 11 is 0. The van der Waals surface area contributed by atoms with E-state index >= 15 is 0 Å². The van der Waals surface area contributed by atoms with Crippen molar-refractivity contribution >= 4 is 11.8 Å². The van der Waals surface area contributed by atoms with Crippen molar-refractivity contribution in [2.24, 2.45) is 0 Å². The van der Waals surface area contributed by atoms with Crippen LogP contribution in [0.5, 0.6) is 0 Å². The van der Waals surface area contributed by atoms with Crippen molar-refractivity contribution in [1.29, 1.82) is 0 Å². The largest absolute Gasteiger partial charge is 0.463 e. The van der Waals surface area contributed by atoms with Gasteiger partial charge in [-0.2, -0.15) is 0 Å². The number of nitrogens with zero attached hydrogens (tertiary/aromatic N) is 3. The van der Waals surface area contributed by atoms with Crippen LogP contribution in [0.3, 0.4) is 0 Å². The zero-order valence-corrected chi connectivity index (χ0v) is 9.35. The van der Waals surface area contributed by atoms with Gasteiger partial charge in [-0.05, 0) is 0 Å². The molecule has 1 fully saturated rings. The van der Waals surface area contributed by atoms with E-state index in [1.54, 1.807) is 4.90 Å². The number of carbonyl (C=O) groups excluding carboxylic acids is 1. The minimum absolute atomic E-state index is 0.115. The molecule has 1 saturated heterocycles. The standard InChI is InChI=1S/C10H12FN3O3/c1-16-10(15)8-12-6-7(11)9(13-8)14-2-4-17-5-3-14/h6H,2-5H2,1H3. The van der Waals surface area contributed by atoms with Crippen LogP contribution in [0, 0.1) is 5.82 Å². The summed E-state index contributed by atoms with van der Waals surface area (Å²) in [6, 6.07) is 0. The van der Waals surface area contributed by atoms with Crippen molar-refractivity contribution in [1.82, 2.24) is 9.97 Å². The van der Waals surface area contributed by atoms with Crippen LogP contribution in [-0.2, 0) is 9.47 Å². The molecule has 17 heavy (non-hydrogen) atoms. The van der Waals surface area contributed by atoms with E-state index in [1.165, 1.54) is 7.11 Å². The Balaban J connectivity index is 2.28. The first-order valence-electron chi connectivity index (χ1n) is 5.16. The van der Waals surface area contributed by atoms with Gasteiger partial charge in [-0.25, -0.2) is 19.2 Å². The van der Waals surface area contributed by atoms with Crippen LogP contribution >= 0.6 is 0 Å². The van der Waals surface area contributed by atoms with Crippen molar-refractivity contribution in [3.05, 3.63) is 17.8 Å². The van der Waals surface area contributed by atoms with Crippen LogP contribution < -0.4 is 4.90 Å². The summed E-state index contributed by atoms with van der Waals surface area (Å²) in [6.45, 7) is 2.09. The summed E-state index contributed by atoms with van der Waals surface area (Å²) in [7, 11) is 1.23. The molecule has 1 aliphatic rings. The summed E-state index contributed by atoms with van der Waals surface area (Å²) in [5, 5.41) is 0. The molecule has 2 rings (SSSR count). The molecule has 0 bridgehead atoms. The molecule has 2 heterocycles. The van der Waals surface area contributed by atoms with Crippen molar-refractivity contribution in [3.8, 4) is 0 Å². The topological polar surface area (TPSA) is 64.5 Å². The molecule has 0 spiro atoms. The third-order valence-corrected chi connectivity index (χ3v) is 2.40. The monoisotopic (exact) mass is 241 g/mol. The zero-order chi connectivity index (χ0) is 12.3. The van der Waals surface area contributed by atoms with Crippen molar-refractivity contribution < 1.29 is 18.7 Å². The summed E-state index contributed by atoms with van der Waals surface area (Å²) in [4.78, 5) is 20.4. The lowest BCUT2D eigenvalue weighted by molar-refractivity contribution is 0.0586. The highest BCUT2D eigenvalue weighted by atomic mass is 19.1. The highest BCUT2D eigenvalue weighted by molar-refractivity contribution is 5.85. The highest BCUT2D eigenvalue weighted by Crippen LogP contribution is 2.16. The predicted molar refractivity (Wildman–Crippen MR) is 56.4 cm³/mol. The van der Waals surface area contributed by atoms with Crippen LogP contribution in [0.25, 0.3) is 0 Å². The van der Waals surface area contributed by atoms with E-state index in [-0.39, 0.29) is 11.6 Å². The number of anilines is 1. The molecule has 0 saturated carbocycles. The number of esters is 1. The molecule has 7 heteroatoms. The molecule has 6 nitrogen and oxygen atoms in total. The van der Waals surface area contributed by atoms with Crippen LogP contribution in [-0.4, -0.2) is 49.4 Å². The van der Waals surface area contributed by atoms with Crippen LogP contribution in [0.15, 0.2) is 6.20 Å². The second kappa shape index (κ2) is 5.05. The summed E-state index contributed by atoms with van der Waals surface area (Å²) in [6.07, 6.45) is 0.976. The zero-order valence-electron chi connectivity index (χ0n) is 9.35. The van der Waals surface area contributed by atoms with E-state index in [9.17, 15) is 9.18 Å². The molecular formula is C10H12FN3O3. The number of hydrogen-bond acceptors (Lipinski definition) is 6. The van der Waals surface area contributed by atoms with E-state index in [0.29, 0.717) is 26.3 Å². The Kier molecular flexibility index (Phi) is 3.48. The highest BCUT2D eigenvalue weighted by Gasteiger charge is 2.20. The molecular weight excluding hydrogens is 229 g/mol. The average molecular weight is 241 g/mol. The van der Waals surface area contributed by atoms with E-state index < -0.39 is 11.8 Å². The number of rotatable bonds is 2. The van der Waals surface area contributed by atoms with Crippen LogP contribution in [0.2, 0.25) is 0 Å². The Morgan fingerprint density at radius 3 is 2.88 bits per heavy atom. The van der Waals surface area contributed by atoms with E-state index in [2.05, 4.69) is 14.7 Å². The molecule has 0 amide bonds. The SMILES string of the molecule is COC(=O)c1ncc(F)c(N2CCOCC2)n1. The number of hydrogen-bond donors (Lipinski definition) is 0. The molecule has 0 aromatic carbocycles. The lowest BCUT2D eigenvalue weighted by Gasteiger charge is -2.27. The van der Waals surface area contributed by atoms with Gasteiger partial charge >= 0.3 is 5.97 Å². The van der Waals surface area contributed by atoms with Gasteiger partial charge in [0.25, 0.3) is 0 Å². The van der Waals surface area contributed by atoms with Gasteiger partial charge in [0.1, 0.15) is 0 Å². The molecule has 1 aromatic heterocycles. The van der Waals surface area contributed by atoms with Crippen LogP contribution in [0.4, 0.5) is 10.2 Å². The molecule has 0 N–H and O–H groups in total. The molecule has 0 radical (unpaired) electrons. The predicted octanol–water partition coefficient (Wildman–Crippen LogP) is 0.239. The first-order chi connectivity index (χ1) is 8.22. The van der Waals surface area contributed by atoms with Gasteiger partial charge in [-0.3, -0.25) is 0 Å². The number of morpholine rings is 1. The number of halogens is 1. The molecule has 92 valence electrons. The first-order valence-corrected chi connectivity index (χ1v) is 5.16. The minimum atomic E-state index is -0.681. The average Bonchev–Trinajstić information content (AvgIpc) is 2.39. The fraction of sp³-hybridized carbons (Fsp3) is 0.500. The minimum Gasteiger partial charge on any atom is -0.463 e. The van der Waals surface area contributed by atoms with Gasteiger partial charge in [0, 0.05) is 13.1 Å². The molecule has 0 atom stereocenters. The smallest absolute Gasteiger partial charge is 0.376 e. The van der Waals surface area contributed by atoms with E-state index in [1.807, 2.05) is 0 Å². The number of aromatic nitrogens is 2. The Hall–Kier alpha value is -1.76. The van der Waals surface area contributed by atoms with Gasteiger partial charge in [-0.1, -0.05) is 0 Å². The second-order valence-corrected chi connectivity index (χ2v) is 3.46. The van der Waals surface area contributed by atoms with Gasteiger partial charge < -0.3 is 14.4 Å². The quantitative estimate of drug-likeness (QED) is 0.691. The molecule has 0 unspecified atom stereocenters. The molecule has 1 aliphatic heterocycles. The first kappa shape index (κ1) is 11.7. The fourth-order valence-electron chi connectivity index (χ4n) is 1.54. The van der Waals surface area contributed by atoms with Gasteiger partial charge in [0.15, 0.2) is 11.6 Å². The Bertz CT molecular complexity index is 421. The van der Waals surface area contributed by atoms with E-state index in [0.717, 1.165) is 6.20 Å². The Morgan fingerprint density at radius 1 is 1.53 bits per heavy atom. The lowest BCUT2D eigenvalue weighted by Crippen LogP contribution is -2.37.